The Kier molecular flexibility index (Phi) is 1.56. The van der Waals surface area contributed by atoms with Gasteiger partial charge >= 0.3 is 53.6 Å². The van der Waals surface area contributed by atoms with E-state index in [4.69, 9.17) is 14.7 Å². The summed E-state index contributed by atoms with van der Waals surface area (Å²) in [6, 6.07) is 0. The first-order chi connectivity index (χ1) is 3.97. The second kappa shape index (κ2) is 1.89. The summed E-state index contributed by atoms with van der Waals surface area (Å²) in [7, 11) is -4.04. The van der Waals surface area contributed by atoms with Gasteiger partial charge in [-0.15, -0.1) is 0 Å². The van der Waals surface area contributed by atoms with Gasteiger partial charge in [-0.05, 0) is 0 Å². The van der Waals surface area contributed by atoms with Gasteiger partial charge in [-0.3, -0.25) is 0 Å². The van der Waals surface area contributed by atoms with Gasteiger partial charge in [0.2, 0.25) is 0 Å². The average Bonchev–Trinajstić information content (AvgIpc) is 1.62. The van der Waals surface area contributed by atoms with Crippen molar-refractivity contribution in [3.8, 4) is 0 Å². The third kappa shape index (κ3) is 2.18. The fourth-order valence-electron chi connectivity index (χ4n) is 1.16. The third-order valence-electron chi connectivity index (χ3n) is 1.73. The zero-order valence-corrected chi connectivity index (χ0v) is 6.22. The molecule has 0 radical (unpaired) electrons. The van der Waals surface area contributed by atoms with Crippen LogP contribution in [0.2, 0.25) is 0 Å². The van der Waals surface area contributed by atoms with Crippen molar-refractivity contribution in [3.63, 3.8) is 0 Å². The molecule has 0 unspecified atom stereocenters. The average molecular weight is 152 g/mol. The molecule has 1 rings (SSSR count). The third-order valence-corrected chi connectivity index (χ3v) is 4.20. The van der Waals surface area contributed by atoms with E-state index in [9.17, 15) is 0 Å². The van der Waals surface area contributed by atoms with Crippen LogP contribution in [0.3, 0.4) is 0 Å². The van der Waals surface area contributed by atoms with Gasteiger partial charge in [0.25, 0.3) is 0 Å². The van der Waals surface area contributed by atoms with Gasteiger partial charge in [-0.25, -0.2) is 0 Å². The molecule has 3 N–H and O–H groups in total. The quantitative estimate of drug-likeness (QED) is 0.441. The molecule has 0 amide bonds. The Balaban J connectivity index is 2.58. The van der Waals surface area contributed by atoms with Gasteiger partial charge in [0.1, 0.15) is 0 Å². The van der Waals surface area contributed by atoms with Crippen LogP contribution >= 0.6 is 7.28 Å². The molecule has 0 aromatic rings. The van der Waals surface area contributed by atoms with Crippen molar-refractivity contribution in [2.75, 3.05) is 12.3 Å². The predicted octanol–water partition coefficient (Wildman–Crippen LogP) is 0.446. The Bertz CT molecular complexity index is 105. The van der Waals surface area contributed by atoms with Gasteiger partial charge in [-0.2, -0.15) is 0 Å². The summed E-state index contributed by atoms with van der Waals surface area (Å²) in [4.78, 5) is 27.2. The van der Waals surface area contributed by atoms with Crippen molar-refractivity contribution < 1.29 is 14.7 Å². The fourth-order valence-corrected chi connectivity index (χ4v) is 3.13. The maximum absolute atomic E-state index is 9.08. The van der Waals surface area contributed by atoms with Crippen molar-refractivity contribution in [3.05, 3.63) is 0 Å². The van der Waals surface area contributed by atoms with E-state index >= 15 is 0 Å². The van der Waals surface area contributed by atoms with Crippen molar-refractivity contribution in [1.29, 1.82) is 0 Å². The van der Waals surface area contributed by atoms with Gasteiger partial charge in [-0.1, -0.05) is 0 Å². The summed E-state index contributed by atoms with van der Waals surface area (Å²) in [6.45, 7) is 0. The van der Waals surface area contributed by atoms with E-state index in [2.05, 4.69) is 0 Å². The van der Waals surface area contributed by atoms with E-state index in [0.29, 0.717) is 0 Å². The molecule has 9 heavy (non-hydrogen) atoms. The van der Waals surface area contributed by atoms with Crippen LogP contribution in [0.25, 0.3) is 0 Å². The van der Waals surface area contributed by atoms with E-state index in [1.165, 1.54) is 0 Å². The topological polar surface area (TPSA) is 60.7 Å². The standard InChI is InChI=1S/C5H13O3P/c6-9(7,8)4-2-1-3-5-9/h6-8H,1-5H2. The Morgan fingerprint density at radius 2 is 1.22 bits per heavy atom. The van der Waals surface area contributed by atoms with Crippen LogP contribution in [0.15, 0.2) is 0 Å². The van der Waals surface area contributed by atoms with Crippen LogP contribution < -0.4 is 0 Å². The van der Waals surface area contributed by atoms with Gasteiger partial charge in [0.05, 0.1) is 0 Å². The van der Waals surface area contributed by atoms with Crippen LogP contribution in [-0.2, 0) is 0 Å². The molecule has 0 bridgehead atoms. The summed E-state index contributed by atoms with van der Waals surface area (Å²) in [6.07, 6.45) is 2.94. The molecule has 1 fully saturated rings. The van der Waals surface area contributed by atoms with Crippen LogP contribution in [0, 0.1) is 0 Å². The molecule has 0 aromatic heterocycles. The van der Waals surface area contributed by atoms with E-state index in [0.717, 1.165) is 19.3 Å². The second-order valence-corrected chi connectivity index (χ2v) is 6.42. The van der Waals surface area contributed by atoms with Gasteiger partial charge in [0.15, 0.2) is 0 Å². The monoisotopic (exact) mass is 152 g/mol. The minimum absolute atomic E-state index is 0.214. The fraction of sp³-hybridized carbons (Fsp3) is 1.00. The van der Waals surface area contributed by atoms with Crippen LogP contribution in [0.4, 0.5) is 0 Å². The maximum atomic E-state index is 9.08. The Labute approximate surface area is 54.5 Å². The molecule has 3 nitrogen and oxygen atoms in total. The van der Waals surface area contributed by atoms with Crippen molar-refractivity contribution in [2.24, 2.45) is 0 Å². The van der Waals surface area contributed by atoms with Gasteiger partial charge in [0, 0.05) is 0 Å². The molecule has 0 aromatic carbocycles. The first-order valence-corrected chi connectivity index (χ1v) is 5.70. The molecule has 0 aliphatic carbocycles. The first kappa shape index (κ1) is 7.42. The first-order valence-electron chi connectivity index (χ1n) is 3.23. The molecule has 56 valence electrons. The van der Waals surface area contributed by atoms with Gasteiger partial charge < -0.3 is 0 Å². The molecule has 0 saturated carbocycles. The van der Waals surface area contributed by atoms with E-state index < -0.39 is 7.28 Å². The summed E-state index contributed by atoms with van der Waals surface area (Å²) >= 11 is 0. The zero-order valence-electron chi connectivity index (χ0n) is 5.32. The molecular formula is C5H13O3P. The molecule has 0 atom stereocenters. The number of hydrogen-bond acceptors (Lipinski definition) is 3. The molecule has 1 aliphatic heterocycles. The normalized spacial score (nSPS) is 36.6. The van der Waals surface area contributed by atoms with Crippen molar-refractivity contribution in [2.45, 2.75) is 19.3 Å². The SMILES string of the molecule is OP1(O)(O)CCCCC1. The van der Waals surface area contributed by atoms with Crippen LogP contribution in [0.1, 0.15) is 19.3 Å². The number of hydrogen-bond donors (Lipinski definition) is 3. The Morgan fingerprint density at radius 3 is 1.44 bits per heavy atom. The van der Waals surface area contributed by atoms with E-state index in [1.807, 2.05) is 0 Å². The molecule has 0 spiro atoms. The molecule has 1 saturated heterocycles. The predicted molar refractivity (Wildman–Crippen MR) is 37.2 cm³/mol. The molecule has 1 heterocycles. The Morgan fingerprint density at radius 1 is 0.778 bits per heavy atom. The number of rotatable bonds is 0. The summed E-state index contributed by atoms with van der Waals surface area (Å²) < 4.78 is 0. The van der Waals surface area contributed by atoms with E-state index in [-0.39, 0.29) is 12.3 Å². The minimum atomic E-state index is -4.04. The molecule has 4 heteroatoms. The summed E-state index contributed by atoms with van der Waals surface area (Å²) in [5.74, 6) is 0. The van der Waals surface area contributed by atoms with Crippen molar-refractivity contribution in [1.82, 2.24) is 0 Å². The molecular weight excluding hydrogens is 139 g/mol. The van der Waals surface area contributed by atoms with E-state index in [1.54, 1.807) is 0 Å². The van der Waals surface area contributed by atoms with Crippen molar-refractivity contribution >= 4 is 7.28 Å². The van der Waals surface area contributed by atoms with Crippen LogP contribution in [0.5, 0.6) is 0 Å². The summed E-state index contributed by atoms with van der Waals surface area (Å²) in [5.41, 5.74) is 0. The summed E-state index contributed by atoms with van der Waals surface area (Å²) in [5, 5.41) is 0. The second-order valence-electron chi connectivity index (χ2n) is 2.85. The Hall–Kier alpha value is 0.310. The molecule has 1 aliphatic rings. The zero-order chi connectivity index (χ0) is 6.98. The van der Waals surface area contributed by atoms with Crippen LogP contribution in [-0.4, -0.2) is 27.0 Å².